The van der Waals surface area contributed by atoms with Crippen molar-refractivity contribution < 1.29 is 17.6 Å². The predicted molar refractivity (Wildman–Crippen MR) is 107 cm³/mol. The maximum atomic E-state index is 14.8. The van der Waals surface area contributed by atoms with E-state index in [1.165, 1.54) is 17.2 Å². The lowest BCUT2D eigenvalue weighted by Gasteiger charge is -2.26. The van der Waals surface area contributed by atoms with E-state index in [0.29, 0.717) is 5.92 Å². The summed E-state index contributed by atoms with van der Waals surface area (Å²) in [6, 6.07) is 13.4. The Morgan fingerprint density at radius 2 is 1.52 bits per heavy atom. The monoisotopic (exact) mass is 398 g/mol. The molecule has 0 nitrogen and oxygen atoms in total. The first-order chi connectivity index (χ1) is 14.0. The zero-order valence-electron chi connectivity index (χ0n) is 16.2. The summed E-state index contributed by atoms with van der Waals surface area (Å²) in [6.07, 6.45) is 4.59. The molecule has 0 radical (unpaired) electrons. The Labute approximate surface area is 168 Å². The molecule has 3 aromatic rings. The average molecular weight is 398 g/mol. The number of hydrogen-bond donors (Lipinski definition) is 0. The standard InChI is InChI=1S/C25H22F4/c1-2-3-15-4-6-16(7-5-15)17-8-9-18-11-21(22(26)12-19(18)10-17)20-13-23(27)25(29)24(28)14-20/h4-7,11-14,17H,2-3,8-10H2,1H3. The van der Waals surface area contributed by atoms with Gasteiger partial charge in [-0.15, -0.1) is 0 Å². The maximum Gasteiger partial charge on any atom is 0.194 e. The minimum atomic E-state index is -1.54. The van der Waals surface area contributed by atoms with Gasteiger partial charge in [0.25, 0.3) is 0 Å². The van der Waals surface area contributed by atoms with E-state index in [0.717, 1.165) is 55.4 Å². The smallest absolute Gasteiger partial charge is 0.194 e. The van der Waals surface area contributed by atoms with E-state index in [2.05, 4.69) is 31.2 Å². The summed E-state index contributed by atoms with van der Waals surface area (Å²) in [5, 5.41) is 0. The molecule has 1 atom stereocenters. The summed E-state index contributed by atoms with van der Waals surface area (Å²) in [6.45, 7) is 2.16. The molecular weight excluding hydrogens is 376 g/mol. The summed E-state index contributed by atoms with van der Waals surface area (Å²) in [4.78, 5) is 0. The van der Waals surface area contributed by atoms with Crippen LogP contribution in [0.5, 0.6) is 0 Å². The van der Waals surface area contributed by atoms with E-state index in [4.69, 9.17) is 0 Å². The van der Waals surface area contributed by atoms with Crippen molar-refractivity contribution >= 4 is 0 Å². The number of benzene rings is 3. The van der Waals surface area contributed by atoms with Gasteiger partial charge in [0.1, 0.15) is 5.82 Å². The highest BCUT2D eigenvalue weighted by atomic mass is 19.2. The Bertz CT molecular complexity index is 1010. The number of hydrogen-bond acceptors (Lipinski definition) is 0. The van der Waals surface area contributed by atoms with Gasteiger partial charge in [-0.3, -0.25) is 0 Å². The molecule has 4 rings (SSSR count). The quantitative estimate of drug-likeness (QED) is 0.324. The molecule has 0 saturated carbocycles. The molecule has 0 N–H and O–H groups in total. The molecular formula is C25H22F4. The van der Waals surface area contributed by atoms with Crippen LogP contribution in [-0.4, -0.2) is 0 Å². The molecule has 0 spiro atoms. The van der Waals surface area contributed by atoms with E-state index in [1.807, 2.05) is 0 Å². The second kappa shape index (κ2) is 8.02. The van der Waals surface area contributed by atoms with Crippen molar-refractivity contribution in [1.29, 1.82) is 0 Å². The van der Waals surface area contributed by atoms with Gasteiger partial charge in [-0.1, -0.05) is 37.6 Å². The fourth-order valence-electron chi connectivity index (χ4n) is 4.24. The molecule has 0 fully saturated rings. The van der Waals surface area contributed by atoms with E-state index >= 15 is 0 Å². The van der Waals surface area contributed by atoms with Crippen molar-refractivity contribution in [3.8, 4) is 11.1 Å². The molecule has 0 bridgehead atoms. The Morgan fingerprint density at radius 3 is 2.17 bits per heavy atom. The molecule has 150 valence electrons. The number of rotatable bonds is 4. The Morgan fingerprint density at radius 1 is 0.828 bits per heavy atom. The van der Waals surface area contributed by atoms with Crippen LogP contribution in [0.15, 0.2) is 48.5 Å². The molecule has 0 heterocycles. The van der Waals surface area contributed by atoms with Crippen LogP contribution >= 0.6 is 0 Å². The fourth-order valence-corrected chi connectivity index (χ4v) is 4.24. The summed E-state index contributed by atoms with van der Waals surface area (Å²) in [5.74, 6) is -4.40. The first kappa shape index (κ1) is 19.7. The summed E-state index contributed by atoms with van der Waals surface area (Å²) < 4.78 is 55.1. The number of aryl methyl sites for hydroxylation is 2. The number of halogens is 4. The van der Waals surface area contributed by atoms with Crippen LogP contribution in [0.3, 0.4) is 0 Å². The largest absolute Gasteiger partial charge is 0.206 e. The van der Waals surface area contributed by atoms with Gasteiger partial charge in [-0.2, -0.15) is 0 Å². The Balaban J connectivity index is 1.61. The summed E-state index contributed by atoms with van der Waals surface area (Å²) in [7, 11) is 0. The highest BCUT2D eigenvalue weighted by Crippen LogP contribution is 2.36. The normalized spacial score (nSPS) is 16.0. The third kappa shape index (κ3) is 3.93. The summed E-state index contributed by atoms with van der Waals surface area (Å²) >= 11 is 0. The lowest BCUT2D eigenvalue weighted by Crippen LogP contribution is -2.13. The van der Waals surface area contributed by atoms with Crippen LogP contribution < -0.4 is 0 Å². The van der Waals surface area contributed by atoms with E-state index < -0.39 is 23.3 Å². The first-order valence-corrected chi connectivity index (χ1v) is 10.0. The van der Waals surface area contributed by atoms with Crippen LogP contribution in [0, 0.1) is 23.3 Å². The SMILES string of the molecule is CCCc1ccc(C2CCc3cc(-c4cc(F)c(F)c(F)c4)c(F)cc3C2)cc1. The van der Waals surface area contributed by atoms with Crippen molar-refractivity contribution in [1.82, 2.24) is 0 Å². The van der Waals surface area contributed by atoms with Crippen molar-refractivity contribution in [2.75, 3.05) is 0 Å². The van der Waals surface area contributed by atoms with Crippen LogP contribution in [0.1, 0.15) is 47.9 Å². The predicted octanol–water partition coefficient (Wildman–Crippen LogP) is 7.14. The van der Waals surface area contributed by atoms with Gasteiger partial charge in [-0.25, -0.2) is 17.6 Å². The maximum absolute atomic E-state index is 14.8. The zero-order chi connectivity index (χ0) is 20.5. The molecule has 0 aliphatic heterocycles. The van der Waals surface area contributed by atoms with Crippen molar-refractivity contribution in [3.05, 3.63) is 94.1 Å². The molecule has 29 heavy (non-hydrogen) atoms. The van der Waals surface area contributed by atoms with Gasteiger partial charge in [0.05, 0.1) is 0 Å². The Hall–Kier alpha value is -2.62. The summed E-state index contributed by atoms with van der Waals surface area (Å²) in [5.41, 5.74) is 4.58. The lowest BCUT2D eigenvalue weighted by atomic mass is 9.79. The molecule has 1 unspecified atom stereocenters. The molecule has 0 saturated heterocycles. The molecule has 1 aliphatic carbocycles. The molecule has 0 aromatic heterocycles. The van der Waals surface area contributed by atoms with Crippen LogP contribution in [0.25, 0.3) is 11.1 Å². The van der Waals surface area contributed by atoms with Crippen LogP contribution in [0.2, 0.25) is 0 Å². The first-order valence-electron chi connectivity index (χ1n) is 10.0. The molecule has 0 amide bonds. The van der Waals surface area contributed by atoms with Gasteiger partial charge in [0.15, 0.2) is 17.5 Å². The third-order valence-corrected chi connectivity index (χ3v) is 5.80. The zero-order valence-corrected chi connectivity index (χ0v) is 16.2. The van der Waals surface area contributed by atoms with E-state index in [9.17, 15) is 17.6 Å². The highest BCUT2D eigenvalue weighted by Gasteiger charge is 2.23. The minimum Gasteiger partial charge on any atom is -0.206 e. The second-order valence-electron chi connectivity index (χ2n) is 7.79. The van der Waals surface area contributed by atoms with Crippen LogP contribution in [0.4, 0.5) is 17.6 Å². The third-order valence-electron chi connectivity index (χ3n) is 5.80. The lowest BCUT2D eigenvalue weighted by molar-refractivity contribution is 0.447. The van der Waals surface area contributed by atoms with E-state index in [-0.39, 0.29) is 11.1 Å². The van der Waals surface area contributed by atoms with Crippen molar-refractivity contribution in [2.24, 2.45) is 0 Å². The second-order valence-corrected chi connectivity index (χ2v) is 7.79. The average Bonchev–Trinajstić information content (AvgIpc) is 2.71. The topological polar surface area (TPSA) is 0 Å². The Kier molecular flexibility index (Phi) is 5.44. The van der Waals surface area contributed by atoms with Gasteiger partial charge in [0.2, 0.25) is 0 Å². The van der Waals surface area contributed by atoms with Gasteiger partial charge in [0, 0.05) is 5.56 Å². The fraction of sp³-hybridized carbons (Fsp3) is 0.280. The molecule has 3 aromatic carbocycles. The molecule has 1 aliphatic rings. The van der Waals surface area contributed by atoms with Crippen molar-refractivity contribution in [3.63, 3.8) is 0 Å². The highest BCUT2D eigenvalue weighted by molar-refractivity contribution is 5.66. The van der Waals surface area contributed by atoms with Crippen molar-refractivity contribution in [2.45, 2.75) is 44.9 Å². The number of fused-ring (bicyclic) bond motifs is 1. The molecule has 4 heteroatoms. The van der Waals surface area contributed by atoms with Gasteiger partial charge < -0.3 is 0 Å². The minimum absolute atomic E-state index is 0.00957. The van der Waals surface area contributed by atoms with Gasteiger partial charge in [-0.05, 0) is 83.7 Å². The van der Waals surface area contributed by atoms with Crippen LogP contribution in [-0.2, 0) is 19.3 Å². The van der Waals surface area contributed by atoms with Gasteiger partial charge >= 0.3 is 0 Å². The van der Waals surface area contributed by atoms with E-state index in [1.54, 1.807) is 6.07 Å².